The van der Waals surface area contributed by atoms with Crippen molar-refractivity contribution in [1.29, 1.82) is 0 Å². The van der Waals surface area contributed by atoms with Crippen LogP contribution in [0.3, 0.4) is 0 Å². The van der Waals surface area contributed by atoms with Gasteiger partial charge in [0.2, 0.25) is 12.7 Å². The summed E-state index contributed by atoms with van der Waals surface area (Å²) < 4.78 is 10.4. The maximum atomic E-state index is 12.1. The zero-order chi connectivity index (χ0) is 16.9. The molecule has 0 bridgehead atoms. The van der Waals surface area contributed by atoms with Crippen LogP contribution in [0.4, 0.5) is 5.69 Å². The Morgan fingerprint density at radius 3 is 2.75 bits per heavy atom. The first-order valence-electron chi connectivity index (χ1n) is 7.72. The van der Waals surface area contributed by atoms with Gasteiger partial charge in [0.15, 0.2) is 11.5 Å². The molecule has 2 amide bonds. The van der Waals surface area contributed by atoms with E-state index in [2.05, 4.69) is 10.6 Å². The van der Waals surface area contributed by atoms with Gasteiger partial charge in [-0.25, -0.2) is 0 Å². The number of benzene rings is 2. The van der Waals surface area contributed by atoms with Gasteiger partial charge in [0.05, 0.1) is 6.54 Å². The zero-order valence-electron chi connectivity index (χ0n) is 13.3. The van der Waals surface area contributed by atoms with E-state index in [9.17, 15) is 9.59 Å². The number of hydrogen-bond donors (Lipinski definition) is 2. The smallest absolute Gasteiger partial charge is 0.251 e. The number of rotatable bonds is 5. The summed E-state index contributed by atoms with van der Waals surface area (Å²) in [7, 11) is 0. The predicted octanol–water partition coefficient (Wildman–Crippen LogP) is 2.35. The molecule has 6 nitrogen and oxygen atoms in total. The summed E-state index contributed by atoms with van der Waals surface area (Å²) >= 11 is 0. The van der Waals surface area contributed by atoms with Gasteiger partial charge in [0.1, 0.15) is 0 Å². The minimum Gasteiger partial charge on any atom is -0.454 e. The van der Waals surface area contributed by atoms with E-state index in [-0.39, 0.29) is 25.2 Å². The van der Waals surface area contributed by atoms with Crippen LogP contribution >= 0.6 is 0 Å². The summed E-state index contributed by atoms with van der Waals surface area (Å²) in [6, 6.07) is 12.5. The number of hydrogen-bond acceptors (Lipinski definition) is 4. The lowest BCUT2D eigenvalue weighted by molar-refractivity contribution is -0.115. The van der Waals surface area contributed by atoms with Gasteiger partial charge in [-0.15, -0.1) is 0 Å². The molecule has 0 unspecified atom stereocenters. The van der Waals surface area contributed by atoms with Crippen molar-refractivity contribution in [1.82, 2.24) is 5.32 Å². The fraction of sp³-hybridized carbons (Fsp3) is 0.222. The fourth-order valence-corrected chi connectivity index (χ4v) is 2.37. The van der Waals surface area contributed by atoms with E-state index in [0.717, 1.165) is 17.7 Å². The Morgan fingerprint density at radius 1 is 1.08 bits per heavy atom. The first-order chi connectivity index (χ1) is 11.7. The number of aryl methyl sites for hydroxylation is 1. The minimum atomic E-state index is -0.342. The lowest BCUT2D eigenvalue weighted by Gasteiger charge is -2.08. The van der Waals surface area contributed by atoms with Gasteiger partial charge in [-0.05, 0) is 42.3 Å². The molecule has 0 saturated heterocycles. The molecule has 3 rings (SSSR count). The summed E-state index contributed by atoms with van der Waals surface area (Å²) in [5.41, 5.74) is 2.27. The van der Waals surface area contributed by atoms with Crippen LogP contribution in [-0.4, -0.2) is 25.2 Å². The number of anilines is 1. The molecule has 0 saturated carbocycles. The van der Waals surface area contributed by atoms with E-state index in [4.69, 9.17) is 9.47 Å². The van der Waals surface area contributed by atoms with Gasteiger partial charge in [0.25, 0.3) is 5.91 Å². The van der Waals surface area contributed by atoms with E-state index in [1.807, 2.05) is 31.2 Å². The molecule has 0 atom stereocenters. The third-order valence-electron chi connectivity index (χ3n) is 3.66. The largest absolute Gasteiger partial charge is 0.454 e. The van der Waals surface area contributed by atoms with Crippen molar-refractivity contribution >= 4 is 17.5 Å². The van der Waals surface area contributed by atoms with Crippen molar-refractivity contribution in [3.05, 3.63) is 53.6 Å². The summed E-state index contributed by atoms with van der Waals surface area (Å²) in [6.45, 7) is 2.09. The van der Waals surface area contributed by atoms with Crippen molar-refractivity contribution in [2.75, 3.05) is 18.7 Å². The number of ether oxygens (including phenoxy) is 2. The lowest BCUT2D eigenvalue weighted by atomic mass is 10.1. The van der Waals surface area contributed by atoms with Gasteiger partial charge in [-0.2, -0.15) is 0 Å². The zero-order valence-corrected chi connectivity index (χ0v) is 13.3. The Balaban J connectivity index is 1.54. The molecule has 0 radical (unpaired) electrons. The standard InChI is InChI=1S/C18H18N2O4/c1-2-12-4-3-5-14(8-12)20-17(21)10-19-18(22)13-6-7-15-16(9-13)24-11-23-15/h3-9H,2,10-11H2,1H3,(H,19,22)(H,20,21). The van der Waals surface area contributed by atoms with Crippen molar-refractivity contribution < 1.29 is 19.1 Å². The molecule has 0 spiro atoms. The molecule has 6 heteroatoms. The first kappa shape index (κ1) is 15.9. The Labute approximate surface area is 139 Å². The number of carbonyl (C=O) groups is 2. The maximum Gasteiger partial charge on any atom is 0.251 e. The molecular weight excluding hydrogens is 308 g/mol. The van der Waals surface area contributed by atoms with Gasteiger partial charge in [-0.3, -0.25) is 9.59 Å². The summed E-state index contributed by atoms with van der Waals surface area (Å²) in [4.78, 5) is 24.1. The van der Waals surface area contributed by atoms with Gasteiger partial charge in [-0.1, -0.05) is 19.1 Å². The van der Waals surface area contributed by atoms with Crippen molar-refractivity contribution in [3.63, 3.8) is 0 Å². The van der Waals surface area contributed by atoms with Crippen LogP contribution in [0, 0.1) is 0 Å². The van der Waals surface area contributed by atoms with Crippen LogP contribution in [0.5, 0.6) is 11.5 Å². The lowest BCUT2D eigenvalue weighted by Crippen LogP contribution is -2.32. The van der Waals surface area contributed by atoms with Crippen LogP contribution < -0.4 is 20.1 Å². The van der Waals surface area contributed by atoms with Crippen LogP contribution in [0.1, 0.15) is 22.8 Å². The van der Waals surface area contributed by atoms with Crippen LogP contribution in [-0.2, 0) is 11.2 Å². The molecule has 2 aromatic rings. The van der Waals surface area contributed by atoms with Gasteiger partial charge < -0.3 is 20.1 Å². The van der Waals surface area contributed by atoms with Gasteiger partial charge in [0, 0.05) is 11.3 Å². The molecule has 2 N–H and O–H groups in total. The second-order valence-electron chi connectivity index (χ2n) is 5.35. The predicted molar refractivity (Wildman–Crippen MR) is 89.3 cm³/mol. The van der Waals surface area contributed by atoms with Crippen molar-refractivity contribution in [2.45, 2.75) is 13.3 Å². The summed E-state index contributed by atoms with van der Waals surface area (Å²) in [5.74, 6) is 0.520. The van der Waals surface area contributed by atoms with E-state index in [1.165, 1.54) is 0 Å². The molecule has 24 heavy (non-hydrogen) atoms. The first-order valence-corrected chi connectivity index (χ1v) is 7.72. The molecule has 0 aliphatic carbocycles. The summed E-state index contributed by atoms with van der Waals surface area (Å²) in [6.07, 6.45) is 0.893. The highest BCUT2D eigenvalue weighted by molar-refractivity contribution is 5.99. The average molecular weight is 326 g/mol. The normalized spacial score (nSPS) is 11.9. The topological polar surface area (TPSA) is 76.7 Å². The molecule has 2 aromatic carbocycles. The monoisotopic (exact) mass is 326 g/mol. The van der Waals surface area contributed by atoms with E-state index in [1.54, 1.807) is 18.2 Å². The van der Waals surface area contributed by atoms with Crippen LogP contribution in [0.25, 0.3) is 0 Å². The van der Waals surface area contributed by atoms with E-state index >= 15 is 0 Å². The molecule has 1 aliphatic rings. The second-order valence-corrected chi connectivity index (χ2v) is 5.35. The number of fused-ring (bicyclic) bond motifs is 1. The summed E-state index contributed by atoms with van der Waals surface area (Å²) in [5, 5.41) is 5.36. The fourth-order valence-electron chi connectivity index (χ4n) is 2.37. The average Bonchev–Trinajstić information content (AvgIpc) is 3.07. The highest BCUT2D eigenvalue weighted by Crippen LogP contribution is 2.32. The number of nitrogens with one attached hydrogen (secondary N) is 2. The number of carbonyl (C=O) groups excluding carboxylic acids is 2. The molecule has 0 fully saturated rings. The molecule has 1 heterocycles. The van der Waals surface area contributed by atoms with Crippen molar-refractivity contribution in [2.24, 2.45) is 0 Å². The quantitative estimate of drug-likeness (QED) is 0.884. The highest BCUT2D eigenvalue weighted by atomic mass is 16.7. The maximum absolute atomic E-state index is 12.1. The number of amides is 2. The third kappa shape index (κ3) is 3.65. The molecule has 1 aliphatic heterocycles. The Hall–Kier alpha value is -3.02. The van der Waals surface area contributed by atoms with E-state index < -0.39 is 0 Å². The second kappa shape index (κ2) is 7.04. The van der Waals surface area contributed by atoms with Crippen LogP contribution in [0.15, 0.2) is 42.5 Å². The SMILES string of the molecule is CCc1cccc(NC(=O)CNC(=O)c2ccc3c(c2)OCO3)c1. The molecule has 0 aromatic heterocycles. The molecule has 124 valence electrons. The minimum absolute atomic E-state index is 0.108. The highest BCUT2D eigenvalue weighted by Gasteiger charge is 2.16. The Morgan fingerprint density at radius 2 is 1.92 bits per heavy atom. The Kier molecular flexibility index (Phi) is 4.65. The molecular formula is C18H18N2O4. The van der Waals surface area contributed by atoms with Gasteiger partial charge >= 0.3 is 0 Å². The van der Waals surface area contributed by atoms with Crippen molar-refractivity contribution in [3.8, 4) is 11.5 Å². The van der Waals surface area contributed by atoms with E-state index in [0.29, 0.717) is 17.1 Å². The van der Waals surface area contributed by atoms with Crippen LogP contribution in [0.2, 0.25) is 0 Å². The third-order valence-corrected chi connectivity index (χ3v) is 3.66. The Bertz CT molecular complexity index is 773.